The monoisotopic (exact) mass is 332 g/mol. The first-order valence-electron chi connectivity index (χ1n) is 6.19. The zero-order chi connectivity index (χ0) is 12.3. The molecule has 1 heteroatoms. The predicted molar refractivity (Wildman–Crippen MR) is 78.9 cm³/mol. The van der Waals surface area contributed by atoms with Gasteiger partial charge in [0.1, 0.15) is 0 Å². The van der Waals surface area contributed by atoms with Gasteiger partial charge in [0.15, 0.2) is 0 Å². The third-order valence-corrected chi connectivity index (χ3v) is 6.99. The molecule has 0 bridgehead atoms. The summed E-state index contributed by atoms with van der Waals surface area (Å²) in [5.41, 5.74) is 4.13. The van der Waals surface area contributed by atoms with Crippen molar-refractivity contribution in [3.05, 3.63) is 60.2 Å². The number of hydrogen-bond acceptors (Lipinski definition) is 0. The first kappa shape index (κ1) is 12.7. The Kier molecular flexibility index (Phi) is 3.93. The average molecular weight is 331 g/mol. The van der Waals surface area contributed by atoms with Gasteiger partial charge in [-0.05, 0) is 0 Å². The van der Waals surface area contributed by atoms with Gasteiger partial charge in [-0.25, -0.2) is 0 Å². The molecule has 0 unspecified atom stereocenters. The molecular formula is C16H20Sn. The van der Waals surface area contributed by atoms with Crippen molar-refractivity contribution in [2.24, 2.45) is 0 Å². The van der Waals surface area contributed by atoms with Crippen molar-refractivity contribution in [1.82, 2.24) is 0 Å². The normalized spacial score (nSPS) is 11.5. The quantitative estimate of drug-likeness (QED) is 0.711. The molecule has 0 saturated carbocycles. The van der Waals surface area contributed by atoms with Crippen LogP contribution in [-0.4, -0.2) is 18.4 Å². The Morgan fingerprint density at radius 2 is 1.24 bits per heavy atom. The summed E-state index contributed by atoms with van der Waals surface area (Å²) >= 11 is -1.69. The van der Waals surface area contributed by atoms with Crippen molar-refractivity contribution >= 4 is 18.4 Å². The van der Waals surface area contributed by atoms with Crippen LogP contribution in [0.4, 0.5) is 0 Å². The van der Waals surface area contributed by atoms with Gasteiger partial charge in [-0.15, -0.1) is 0 Å². The van der Waals surface area contributed by atoms with Crippen LogP contribution in [0.1, 0.15) is 5.56 Å². The number of hydrogen-bond donors (Lipinski definition) is 0. The van der Waals surface area contributed by atoms with E-state index < -0.39 is 18.4 Å². The standard InChI is InChI=1S/C13H11.3CH3.Sn/c1-11-7-9-13(10-8-11)12-5-3-2-4-6-12;;;;/h2-10H,1H2;3*1H3;. The molecule has 0 aliphatic carbocycles. The molecule has 0 aliphatic rings. The van der Waals surface area contributed by atoms with E-state index in [-0.39, 0.29) is 0 Å². The summed E-state index contributed by atoms with van der Waals surface area (Å²) in [6, 6.07) is 19.7. The van der Waals surface area contributed by atoms with E-state index >= 15 is 0 Å². The maximum absolute atomic E-state index is 2.49. The molecule has 0 radical (unpaired) electrons. The topological polar surface area (TPSA) is 0 Å². The molecule has 0 nitrogen and oxygen atoms in total. The van der Waals surface area contributed by atoms with E-state index in [1.807, 2.05) is 0 Å². The predicted octanol–water partition coefficient (Wildman–Crippen LogP) is 4.77. The summed E-state index contributed by atoms with van der Waals surface area (Å²) in [5, 5.41) is 0. The zero-order valence-corrected chi connectivity index (χ0v) is 13.8. The molecule has 17 heavy (non-hydrogen) atoms. The van der Waals surface area contributed by atoms with Gasteiger partial charge in [-0.3, -0.25) is 0 Å². The Labute approximate surface area is 109 Å². The van der Waals surface area contributed by atoms with E-state index in [1.54, 1.807) is 0 Å². The second-order valence-corrected chi connectivity index (χ2v) is 21.4. The van der Waals surface area contributed by atoms with Crippen molar-refractivity contribution in [3.63, 3.8) is 0 Å². The minimum atomic E-state index is -1.69. The molecule has 0 amide bonds. The molecule has 0 N–H and O–H groups in total. The summed E-state index contributed by atoms with van der Waals surface area (Å²) in [4.78, 5) is 7.46. The van der Waals surface area contributed by atoms with Crippen molar-refractivity contribution in [2.45, 2.75) is 19.3 Å². The first-order chi connectivity index (χ1) is 8.04. The zero-order valence-electron chi connectivity index (χ0n) is 10.9. The second kappa shape index (κ2) is 5.26. The summed E-state index contributed by atoms with van der Waals surface area (Å²) in [6.45, 7) is 0. The molecule has 0 spiro atoms. The Morgan fingerprint density at radius 3 is 1.76 bits per heavy atom. The van der Waals surface area contributed by atoms with Crippen LogP contribution in [0.5, 0.6) is 0 Å². The number of benzene rings is 2. The molecule has 0 aliphatic heterocycles. The van der Waals surface area contributed by atoms with Crippen LogP contribution in [0.15, 0.2) is 54.6 Å². The average Bonchev–Trinajstić information content (AvgIpc) is 2.29. The van der Waals surface area contributed by atoms with Crippen molar-refractivity contribution in [3.8, 4) is 11.1 Å². The van der Waals surface area contributed by atoms with Crippen molar-refractivity contribution in [2.75, 3.05) is 0 Å². The fraction of sp³-hybridized carbons (Fsp3) is 0.250. The van der Waals surface area contributed by atoms with E-state index in [4.69, 9.17) is 0 Å². The van der Waals surface area contributed by atoms with Crippen molar-refractivity contribution < 1.29 is 0 Å². The van der Waals surface area contributed by atoms with Gasteiger partial charge < -0.3 is 0 Å². The van der Waals surface area contributed by atoms with Crippen LogP contribution in [0.2, 0.25) is 14.8 Å². The van der Waals surface area contributed by atoms with Gasteiger partial charge in [-0.2, -0.15) is 0 Å². The van der Waals surface area contributed by atoms with E-state index in [9.17, 15) is 0 Å². The Hall–Kier alpha value is -0.761. The molecule has 88 valence electrons. The molecule has 0 saturated heterocycles. The molecule has 0 heterocycles. The minimum absolute atomic E-state index is 1.30. The van der Waals surface area contributed by atoms with Crippen LogP contribution in [0.3, 0.4) is 0 Å². The van der Waals surface area contributed by atoms with Gasteiger partial charge in [0.05, 0.1) is 0 Å². The van der Waals surface area contributed by atoms with Gasteiger partial charge in [0, 0.05) is 0 Å². The van der Waals surface area contributed by atoms with Crippen LogP contribution >= 0.6 is 0 Å². The second-order valence-electron chi connectivity index (χ2n) is 5.80. The SMILES string of the molecule is [CH3][Sn]([CH3])([CH3])[CH2]c1ccc(-c2ccccc2)cc1. The van der Waals surface area contributed by atoms with E-state index in [0.717, 1.165) is 0 Å². The van der Waals surface area contributed by atoms with Gasteiger partial charge in [0.25, 0.3) is 0 Å². The van der Waals surface area contributed by atoms with Gasteiger partial charge in [-0.1, -0.05) is 0 Å². The van der Waals surface area contributed by atoms with E-state index in [0.29, 0.717) is 0 Å². The molecule has 0 aromatic heterocycles. The van der Waals surface area contributed by atoms with Crippen molar-refractivity contribution in [1.29, 1.82) is 0 Å². The van der Waals surface area contributed by atoms with Crippen LogP contribution < -0.4 is 0 Å². The maximum atomic E-state index is 2.49. The first-order valence-corrected chi connectivity index (χ1v) is 16.8. The third-order valence-electron chi connectivity index (χ3n) is 2.80. The Morgan fingerprint density at radius 1 is 0.706 bits per heavy atom. The molecule has 2 rings (SSSR count). The summed E-state index contributed by atoms with van der Waals surface area (Å²) in [7, 11) is 0. The molecule has 0 atom stereocenters. The Bertz CT molecular complexity index is 463. The molecule has 2 aromatic rings. The third kappa shape index (κ3) is 3.88. The molecular weight excluding hydrogens is 311 g/mol. The Balaban J connectivity index is 2.19. The van der Waals surface area contributed by atoms with E-state index in [1.165, 1.54) is 21.1 Å². The fourth-order valence-corrected chi connectivity index (χ4v) is 6.23. The van der Waals surface area contributed by atoms with Crippen LogP contribution in [-0.2, 0) is 4.44 Å². The van der Waals surface area contributed by atoms with E-state index in [2.05, 4.69) is 69.4 Å². The van der Waals surface area contributed by atoms with Crippen LogP contribution in [0, 0.1) is 0 Å². The summed E-state index contributed by atoms with van der Waals surface area (Å²) in [5.74, 6) is 0. The number of rotatable bonds is 3. The summed E-state index contributed by atoms with van der Waals surface area (Å²) in [6.07, 6.45) is 0. The van der Waals surface area contributed by atoms with Gasteiger partial charge in [0.2, 0.25) is 0 Å². The van der Waals surface area contributed by atoms with Gasteiger partial charge >= 0.3 is 109 Å². The van der Waals surface area contributed by atoms with Crippen LogP contribution in [0.25, 0.3) is 11.1 Å². The fourth-order valence-electron chi connectivity index (χ4n) is 2.06. The molecule has 0 fully saturated rings. The summed E-state index contributed by atoms with van der Waals surface area (Å²) < 4.78 is 1.34. The molecule has 2 aromatic carbocycles.